The Hall–Kier alpha value is -2.79. The molecule has 5 heteroatoms. The number of Topliss-reactive ketones (excluding diaryl/α,β-unsaturated/α-hetero) is 1. The lowest BCUT2D eigenvalue weighted by atomic mass is 9.98. The second kappa shape index (κ2) is 6.76. The van der Waals surface area contributed by atoms with Crippen LogP contribution in [0.15, 0.2) is 54.2 Å². The van der Waals surface area contributed by atoms with Crippen molar-refractivity contribution in [2.24, 2.45) is 0 Å². The van der Waals surface area contributed by atoms with Crippen molar-refractivity contribution in [3.05, 3.63) is 65.4 Å². The molecule has 0 unspecified atom stereocenters. The van der Waals surface area contributed by atoms with E-state index in [0.717, 1.165) is 5.56 Å². The average molecular weight is 325 g/mol. The highest BCUT2D eigenvalue weighted by Gasteiger charge is 2.32. The van der Waals surface area contributed by atoms with E-state index < -0.39 is 6.29 Å². The summed E-state index contributed by atoms with van der Waals surface area (Å²) in [6, 6.07) is 12.3. The van der Waals surface area contributed by atoms with Crippen LogP contribution < -0.4 is 10.1 Å². The molecule has 2 aromatic carbocycles. The van der Waals surface area contributed by atoms with E-state index in [1.807, 2.05) is 19.9 Å². The van der Waals surface area contributed by atoms with E-state index in [-0.39, 0.29) is 11.5 Å². The molecule has 2 N–H and O–H groups in total. The van der Waals surface area contributed by atoms with Crippen LogP contribution in [-0.2, 0) is 4.74 Å². The summed E-state index contributed by atoms with van der Waals surface area (Å²) in [5.74, 6) is 0.466. The fourth-order valence-corrected chi connectivity index (χ4v) is 2.53. The number of nitrogens with one attached hydrogen (secondary N) is 1. The molecule has 0 aromatic heterocycles. The van der Waals surface area contributed by atoms with Gasteiger partial charge in [0, 0.05) is 12.8 Å². The number of ketones is 1. The molecule has 1 heterocycles. The monoisotopic (exact) mass is 325 g/mol. The fraction of sp³-hybridized carbons (Fsp3) is 0.211. The van der Waals surface area contributed by atoms with Gasteiger partial charge < -0.3 is 19.9 Å². The Morgan fingerprint density at radius 3 is 2.83 bits per heavy atom. The minimum absolute atomic E-state index is 0.0998. The Balaban J connectivity index is 1.95. The number of aromatic hydroxyl groups is 1. The summed E-state index contributed by atoms with van der Waals surface area (Å²) in [7, 11) is 0. The molecule has 24 heavy (non-hydrogen) atoms. The van der Waals surface area contributed by atoms with Crippen molar-refractivity contribution < 1.29 is 19.4 Å². The highest BCUT2D eigenvalue weighted by Crippen LogP contribution is 2.32. The lowest BCUT2D eigenvalue weighted by molar-refractivity contribution is -0.0509. The quantitative estimate of drug-likeness (QED) is 0.663. The van der Waals surface area contributed by atoms with Gasteiger partial charge in [0.25, 0.3) is 0 Å². The van der Waals surface area contributed by atoms with E-state index in [1.165, 1.54) is 6.20 Å². The summed E-state index contributed by atoms with van der Waals surface area (Å²) >= 11 is 0. The normalized spacial score (nSPS) is 18.2. The lowest BCUT2D eigenvalue weighted by Gasteiger charge is -2.27. The van der Waals surface area contributed by atoms with Gasteiger partial charge in [-0.1, -0.05) is 23.8 Å². The van der Waals surface area contributed by atoms with Crippen LogP contribution in [0, 0.1) is 6.92 Å². The Labute approximate surface area is 140 Å². The van der Waals surface area contributed by atoms with Crippen LogP contribution in [0.1, 0.15) is 22.8 Å². The number of anilines is 1. The first-order valence-electron chi connectivity index (χ1n) is 7.78. The third kappa shape index (κ3) is 3.12. The molecule has 124 valence electrons. The molecule has 1 atom stereocenters. The Morgan fingerprint density at radius 2 is 2.08 bits per heavy atom. The van der Waals surface area contributed by atoms with E-state index in [2.05, 4.69) is 5.32 Å². The summed E-state index contributed by atoms with van der Waals surface area (Å²) in [6.45, 7) is 4.17. The smallest absolute Gasteiger partial charge is 0.232 e. The largest absolute Gasteiger partial charge is 0.506 e. The van der Waals surface area contributed by atoms with Gasteiger partial charge in [0.2, 0.25) is 6.29 Å². The van der Waals surface area contributed by atoms with Crippen molar-refractivity contribution in [2.75, 3.05) is 11.9 Å². The Kier molecular flexibility index (Phi) is 4.53. The van der Waals surface area contributed by atoms with Gasteiger partial charge in [-0.25, -0.2) is 0 Å². The number of rotatable bonds is 4. The highest BCUT2D eigenvalue weighted by atomic mass is 16.7. The van der Waals surface area contributed by atoms with Crippen LogP contribution >= 0.6 is 0 Å². The van der Waals surface area contributed by atoms with Gasteiger partial charge in [-0.15, -0.1) is 0 Å². The first-order valence-corrected chi connectivity index (χ1v) is 7.78. The minimum atomic E-state index is -0.781. The molecule has 0 aliphatic carbocycles. The van der Waals surface area contributed by atoms with Gasteiger partial charge >= 0.3 is 0 Å². The number of phenolic OH excluding ortho intramolecular Hbond substituents is 1. The molecule has 1 aliphatic heterocycles. The third-order valence-electron chi connectivity index (χ3n) is 3.74. The van der Waals surface area contributed by atoms with E-state index >= 15 is 0 Å². The van der Waals surface area contributed by atoms with Crippen molar-refractivity contribution in [3.63, 3.8) is 0 Å². The SMILES string of the molecule is CCO[C@@H]1Oc2ccc(C)cc2C(=O)/C1=C\Nc1ccccc1O. The Bertz CT molecular complexity index is 798. The number of aryl methyl sites for hydroxylation is 1. The highest BCUT2D eigenvalue weighted by molar-refractivity contribution is 6.12. The number of carbonyl (C=O) groups is 1. The van der Waals surface area contributed by atoms with Crippen LogP contribution in [0.25, 0.3) is 0 Å². The second-order valence-corrected chi connectivity index (χ2v) is 5.50. The maximum atomic E-state index is 12.8. The third-order valence-corrected chi connectivity index (χ3v) is 3.74. The fourth-order valence-electron chi connectivity index (χ4n) is 2.53. The summed E-state index contributed by atoms with van der Waals surface area (Å²) in [6.07, 6.45) is 0.749. The van der Waals surface area contributed by atoms with Crippen molar-refractivity contribution in [1.29, 1.82) is 0 Å². The molecule has 0 radical (unpaired) electrons. The zero-order chi connectivity index (χ0) is 17.1. The van der Waals surface area contributed by atoms with Crippen LogP contribution in [0.2, 0.25) is 0 Å². The predicted molar refractivity (Wildman–Crippen MR) is 91.4 cm³/mol. The minimum Gasteiger partial charge on any atom is -0.506 e. The van der Waals surface area contributed by atoms with E-state index in [9.17, 15) is 9.90 Å². The summed E-state index contributed by atoms with van der Waals surface area (Å²) in [5, 5.41) is 12.8. The Morgan fingerprint density at radius 1 is 1.29 bits per heavy atom. The molecule has 3 rings (SSSR count). The van der Waals surface area contributed by atoms with Crippen LogP contribution in [-0.4, -0.2) is 23.8 Å². The average Bonchev–Trinajstić information content (AvgIpc) is 2.57. The van der Waals surface area contributed by atoms with Gasteiger partial charge in [0.05, 0.1) is 16.8 Å². The maximum absolute atomic E-state index is 12.8. The molecule has 0 spiro atoms. The van der Waals surface area contributed by atoms with E-state index in [0.29, 0.717) is 29.2 Å². The molecule has 0 saturated carbocycles. The van der Waals surface area contributed by atoms with Gasteiger partial charge in [0.1, 0.15) is 11.5 Å². The summed E-state index contributed by atoms with van der Waals surface area (Å²) in [4.78, 5) is 12.8. The number of benzene rings is 2. The van der Waals surface area contributed by atoms with Gasteiger partial charge in [0.15, 0.2) is 5.78 Å². The maximum Gasteiger partial charge on any atom is 0.232 e. The zero-order valence-corrected chi connectivity index (χ0v) is 13.6. The summed E-state index contributed by atoms with van der Waals surface area (Å²) in [5.41, 5.74) is 2.35. The molecular weight excluding hydrogens is 306 g/mol. The van der Waals surface area contributed by atoms with Gasteiger partial charge in [-0.3, -0.25) is 4.79 Å². The predicted octanol–water partition coefficient (Wildman–Crippen LogP) is 3.63. The number of para-hydroxylation sites is 2. The molecule has 0 saturated heterocycles. The van der Waals surface area contributed by atoms with Crippen LogP contribution in [0.5, 0.6) is 11.5 Å². The number of phenols is 1. The van der Waals surface area contributed by atoms with E-state index in [1.54, 1.807) is 36.4 Å². The van der Waals surface area contributed by atoms with Gasteiger partial charge in [-0.2, -0.15) is 0 Å². The number of fused-ring (bicyclic) bond motifs is 1. The van der Waals surface area contributed by atoms with Crippen molar-refractivity contribution in [2.45, 2.75) is 20.1 Å². The molecule has 0 amide bonds. The van der Waals surface area contributed by atoms with Crippen molar-refractivity contribution in [1.82, 2.24) is 0 Å². The molecule has 0 bridgehead atoms. The van der Waals surface area contributed by atoms with Crippen LogP contribution in [0.3, 0.4) is 0 Å². The first kappa shape index (κ1) is 16.1. The number of hydrogen-bond acceptors (Lipinski definition) is 5. The summed E-state index contributed by atoms with van der Waals surface area (Å²) < 4.78 is 11.4. The number of carbonyl (C=O) groups excluding carboxylic acids is 1. The van der Waals surface area contributed by atoms with E-state index in [4.69, 9.17) is 9.47 Å². The first-order chi connectivity index (χ1) is 11.6. The van der Waals surface area contributed by atoms with Gasteiger partial charge in [-0.05, 0) is 38.1 Å². The second-order valence-electron chi connectivity index (χ2n) is 5.50. The lowest BCUT2D eigenvalue weighted by Crippen LogP contribution is -2.33. The van der Waals surface area contributed by atoms with Crippen molar-refractivity contribution in [3.8, 4) is 11.5 Å². The molecule has 1 aliphatic rings. The number of ether oxygens (including phenoxy) is 2. The molecule has 0 fully saturated rings. The topological polar surface area (TPSA) is 67.8 Å². The van der Waals surface area contributed by atoms with Crippen molar-refractivity contribution >= 4 is 11.5 Å². The standard InChI is InChI=1S/C19H19NO4/c1-3-23-19-14(11-20-15-6-4-5-7-16(15)21)18(22)13-10-12(2)8-9-17(13)24-19/h4-11,19-21H,3H2,1-2H3/b14-11+/t19-/m1/s1. The molecular formula is C19H19NO4. The van der Waals surface area contributed by atoms with Crippen LogP contribution in [0.4, 0.5) is 5.69 Å². The molecule has 5 nitrogen and oxygen atoms in total. The molecule has 2 aromatic rings. The number of hydrogen-bond donors (Lipinski definition) is 2. The zero-order valence-electron chi connectivity index (χ0n) is 13.6.